The molecule has 0 bridgehead atoms. The van der Waals surface area contributed by atoms with E-state index < -0.39 is 5.97 Å². The summed E-state index contributed by atoms with van der Waals surface area (Å²) < 4.78 is 0. The fraction of sp³-hybridized carbons (Fsp3) is 0.500. The monoisotopic (exact) mass is 196 g/mol. The smallest absolute Gasteiger partial charge is 0.303 e. The number of nitrogens with two attached hydrogens (primary N) is 1. The Kier molecular flexibility index (Phi) is 3.30. The average molecular weight is 196 g/mol. The van der Waals surface area contributed by atoms with Crippen LogP contribution in [0.15, 0.2) is 6.20 Å². The molecule has 4 heteroatoms. The van der Waals surface area contributed by atoms with Crippen LogP contribution in [0.2, 0.25) is 0 Å². The lowest BCUT2D eigenvalue weighted by Gasteiger charge is -2.11. The maximum atomic E-state index is 10.4. The van der Waals surface area contributed by atoms with Crippen molar-refractivity contribution in [1.82, 2.24) is 4.98 Å². The van der Waals surface area contributed by atoms with Crippen molar-refractivity contribution in [2.45, 2.75) is 32.7 Å². The van der Waals surface area contributed by atoms with E-state index in [1.807, 2.05) is 20.0 Å². The molecule has 0 radical (unpaired) electrons. The number of aliphatic carboxylic acids is 1. The Morgan fingerprint density at radius 1 is 1.64 bits per heavy atom. The Balaban J connectivity index is 2.69. The number of rotatable bonds is 4. The molecule has 4 N–H and O–H groups in total. The van der Waals surface area contributed by atoms with E-state index in [0.29, 0.717) is 6.42 Å². The molecule has 0 fully saturated rings. The second kappa shape index (κ2) is 4.28. The van der Waals surface area contributed by atoms with Gasteiger partial charge in [-0.1, -0.05) is 0 Å². The van der Waals surface area contributed by atoms with Crippen LogP contribution in [0.5, 0.6) is 0 Å². The Labute approximate surface area is 83.1 Å². The first-order valence-corrected chi connectivity index (χ1v) is 4.64. The summed E-state index contributed by atoms with van der Waals surface area (Å²) in [6.07, 6.45) is 2.49. The van der Waals surface area contributed by atoms with Gasteiger partial charge in [0, 0.05) is 24.4 Å². The first-order chi connectivity index (χ1) is 6.52. The minimum Gasteiger partial charge on any atom is -0.481 e. The van der Waals surface area contributed by atoms with Gasteiger partial charge in [-0.2, -0.15) is 0 Å². The van der Waals surface area contributed by atoms with E-state index >= 15 is 0 Å². The largest absolute Gasteiger partial charge is 0.481 e. The molecule has 1 rings (SSSR count). The molecule has 0 spiro atoms. The molecule has 1 heterocycles. The van der Waals surface area contributed by atoms with Crippen LogP contribution in [0.1, 0.15) is 35.7 Å². The number of nitrogens with one attached hydrogen (secondary N) is 1. The van der Waals surface area contributed by atoms with Gasteiger partial charge < -0.3 is 15.8 Å². The molecule has 0 aliphatic carbocycles. The van der Waals surface area contributed by atoms with Crippen molar-refractivity contribution < 1.29 is 9.90 Å². The summed E-state index contributed by atoms with van der Waals surface area (Å²) in [5.41, 5.74) is 9.08. The fourth-order valence-electron chi connectivity index (χ4n) is 1.66. The predicted molar refractivity (Wildman–Crippen MR) is 54.1 cm³/mol. The average Bonchev–Trinajstić information content (AvgIpc) is 2.42. The van der Waals surface area contributed by atoms with Crippen molar-refractivity contribution >= 4 is 5.97 Å². The van der Waals surface area contributed by atoms with E-state index in [-0.39, 0.29) is 12.5 Å². The summed E-state index contributed by atoms with van der Waals surface area (Å²) in [5, 5.41) is 8.54. The van der Waals surface area contributed by atoms with Crippen LogP contribution in [0.3, 0.4) is 0 Å². The molecule has 1 unspecified atom stereocenters. The van der Waals surface area contributed by atoms with Crippen molar-refractivity contribution in [3.05, 3.63) is 23.0 Å². The summed E-state index contributed by atoms with van der Waals surface area (Å²) >= 11 is 0. The molecule has 4 nitrogen and oxygen atoms in total. The molecule has 14 heavy (non-hydrogen) atoms. The van der Waals surface area contributed by atoms with E-state index in [0.717, 1.165) is 16.8 Å². The highest BCUT2D eigenvalue weighted by molar-refractivity contribution is 5.66. The van der Waals surface area contributed by atoms with E-state index in [1.165, 1.54) is 0 Å². The van der Waals surface area contributed by atoms with Gasteiger partial charge in [-0.3, -0.25) is 4.79 Å². The minimum absolute atomic E-state index is 0.116. The second-order valence-electron chi connectivity index (χ2n) is 3.55. The third-order valence-corrected chi connectivity index (χ3v) is 2.37. The number of hydrogen-bond donors (Lipinski definition) is 3. The lowest BCUT2D eigenvalue weighted by Crippen LogP contribution is -2.13. The van der Waals surface area contributed by atoms with Crippen molar-refractivity contribution in [2.75, 3.05) is 0 Å². The summed E-state index contributed by atoms with van der Waals surface area (Å²) in [7, 11) is 0. The Hall–Kier alpha value is -1.29. The number of carbonyl (C=O) groups is 1. The second-order valence-corrected chi connectivity index (χ2v) is 3.55. The van der Waals surface area contributed by atoms with Gasteiger partial charge in [-0.05, 0) is 31.4 Å². The van der Waals surface area contributed by atoms with Crippen LogP contribution < -0.4 is 5.73 Å². The summed E-state index contributed by atoms with van der Waals surface area (Å²) in [5.74, 6) is -0.800. The summed E-state index contributed by atoms with van der Waals surface area (Å²) in [4.78, 5) is 13.5. The van der Waals surface area contributed by atoms with Crippen LogP contribution in [0.25, 0.3) is 0 Å². The Bertz CT molecular complexity index is 311. The number of H-pyrrole nitrogens is 1. The zero-order chi connectivity index (χ0) is 10.7. The highest BCUT2D eigenvalue weighted by Crippen LogP contribution is 2.22. The Morgan fingerprint density at radius 2 is 2.29 bits per heavy atom. The first-order valence-electron chi connectivity index (χ1n) is 4.64. The predicted octanol–water partition coefficient (Wildman–Crippen LogP) is 1.50. The first kappa shape index (κ1) is 10.8. The summed E-state index contributed by atoms with van der Waals surface area (Å²) in [6, 6.07) is -0.183. The number of carboxylic acids is 1. The van der Waals surface area contributed by atoms with Gasteiger partial charge >= 0.3 is 5.97 Å². The zero-order valence-corrected chi connectivity index (χ0v) is 8.50. The maximum Gasteiger partial charge on any atom is 0.303 e. The standard InChI is InChI=1S/C10H16N2O2/c1-6-5-12-7(2)10(6)8(11)3-4-9(13)14/h5,8,12H,3-4,11H2,1-2H3,(H,13,14). The van der Waals surface area contributed by atoms with Crippen molar-refractivity contribution in [1.29, 1.82) is 0 Å². The highest BCUT2D eigenvalue weighted by Gasteiger charge is 2.14. The lowest BCUT2D eigenvalue weighted by molar-refractivity contribution is -0.137. The van der Waals surface area contributed by atoms with E-state index in [1.54, 1.807) is 0 Å². The maximum absolute atomic E-state index is 10.4. The van der Waals surface area contributed by atoms with Gasteiger partial charge in [0.1, 0.15) is 0 Å². The molecule has 0 aromatic carbocycles. The lowest BCUT2D eigenvalue weighted by atomic mass is 10.0. The van der Waals surface area contributed by atoms with Crippen LogP contribution in [-0.4, -0.2) is 16.1 Å². The van der Waals surface area contributed by atoms with Crippen LogP contribution in [0.4, 0.5) is 0 Å². The van der Waals surface area contributed by atoms with E-state index in [4.69, 9.17) is 10.8 Å². The molecule has 0 amide bonds. The van der Waals surface area contributed by atoms with Gasteiger partial charge in [0.2, 0.25) is 0 Å². The van der Waals surface area contributed by atoms with Crippen LogP contribution in [-0.2, 0) is 4.79 Å². The summed E-state index contributed by atoms with van der Waals surface area (Å²) in [6.45, 7) is 3.92. The number of aromatic amines is 1. The number of hydrogen-bond acceptors (Lipinski definition) is 2. The van der Waals surface area contributed by atoms with Crippen LogP contribution >= 0.6 is 0 Å². The molecule has 1 atom stereocenters. The third-order valence-electron chi connectivity index (χ3n) is 2.37. The molecule has 0 aliphatic rings. The molecular formula is C10H16N2O2. The molecule has 0 saturated heterocycles. The van der Waals surface area contributed by atoms with Crippen LogP contribution in [0, 0.1) is 13.8 Å². The van der Waals surface area contributed by atoms with Gasteiger partial charge in [0.15, 0.2) is 0 Å². The fourth-order valence-corrected chi connectivity index (χ4v) is 1.66. The van der Waals surface area contributed by atoms with Crippen molar-refractivity contribution in [3.8, 4) is 0 Å². The normalized spacial score (nSPS) is 12.8. The molecule has 1 aromatic heterocycles. The molecule has 0 aliphatic heterocycles. The third kappa shape index (κ3) is 2.35. The SMILES string of the molecule is Cc1c[nH]c(C)c1C(N)CCC(=O)O. The quantitative estimate of drug-likeness (QED) is 0.682. The van der Waals surface area contributed by atoms with E-state index in [9.17, 15) is 4.79 Å². The zero-order valence-electron chi connectivity index (χ0n) is 8.50. The number of aromatic nitrogens is 1. The van der Waals surface area contributed by atoms with Gasteiger partial charge in [0.25, 0.3) is 0 Å². The van der Waals surface area contributed by atoms with Gasteiger partial charge in [0.05, 0.1) is 0 Å². The number of aryl methyl sites for hydroxylation is 2. The van der Waals surface area contributed by atoms with Gasteiger partial charge in [-0.25, -0.2) is 0 Å². The molecular weight excluding hydrogens is 180 g/mol. The topological polar surface area (TPSA) is 79.1 Å². The number of carboxylic acid groups (broad SMARTS) is 1. The molecule has 0 saturated carbocycles. The van der Waals surface area contributed by atoms with E-state index in [2.05, 4.69) is 4.98 Å². The molecule has 78 valence electrons. The molecule has 1 aromatic rings. The minimum atomic E-state index is -0.800. The Morgan fingerprint density at radius 3 is 2.71 bits per heavy atom. The van der Waals surface area contributed by atoms with Crippen molar-refractivity contribution in [2.24, 2.45) is 5.73 Å². The van der Waals surface area contributed by atoms with Gasteiger partial charge in [-0.15, -0.1) is 0 Å². The highest BCUT2D eigenvalue weighted by atomic mass is 16.4. The van der Waals surface area contributed by atoms with Crippen molar-refractivity contribution in [3.63, 3.8) is 0 Å².